The van der Waals surface area contributed by atoms with E-state index in [1.54, 1.807) is 19.1 Å². The molecule has 6 nitrogen and oxygen atoms in total. The highest BCUT2D eigenvalue weighted by molar-refractivity contribution is 14.1. The highest BCUT2D eigenvalue weighted by Gasteiger charge is 2.25. The van der Waals surface area contributed by atoms with Crippen LogP contribution >= 0.6 is 34.2 Å². The smallest absolute Gasteiger partial charge is 0.363 e. The molecule has 0 saturated heterocycles. The molecule has 0 aromatic heterocycles. The third kappa shape index (κ3) is 4.71. The average molecular weight is 512 g/mol. The molecule has 28 heavy (non-hydrogen) atoms. The Bertz CT molecular complexity index is 1020. The van der Waals surface area contributed by atoms with Gasteiger partial charge in [-0.2, -0.15) is 0 Å². The monoisotopic (exact) mass is 511 g/mol. The summed E-state index contributed by atoms with van der Waals surface area (Å²) in [5.74, 6) is -0.407. The van der Waals surface area contributed by atoms with E-state index in [2.05, 4.69) is 27.6 Å². The summed E-state index contributed by atoms with van der Waals surface area (Å²) in [4.78, 5) is 27.8. The number of cyclic esters (lactones) is 1. The van der Waals surface area contributed by atoms with Crippen LogP contribution in [0.2, 0.25) is 5.02 Å². The van der Waals surface area contributed by atoms with Gasteiger partial charge in [0.25, 0.3) is 0 Å². The van der Waals surface area contributed by atoms with Crippen LogP contribution < -0.4 is 9.47 Å². The number of hydrogen-bond acceptors (Lipinski definition) is 6. The number of benzene rings is 2. The van der Waals surface area contributed by atoms with Crippen LogP contribution in [-0.2, 0) is 14.3 Å². The number of hydrogen-bond donors (Lipinski definition) is 0. The standard InChI is InChI=1S/C20H15ClINO5/c1-3-26-17-9-12(7-15(21)18(17)27-11(2)24)8-16-20(25)28-19(23-16)13-5-4-6-14(22)10-13/h4-10H,3H2,1-2H3. The lowest BCUT2D eigenvalue weighted by Crippen LogP contribution is -2.06. The van der Waals surface area contributed by atoms with E-state index in [9.17, 15) is 9.59 Å². The van der Waals surface area contributed by atoms with Crippen LogP contribution in [0.1, 0.15) is 25.0 Å². The van der Waals surface area contributed by atoms with E-state index >= 15 is 0 Å². The van der Waals surface area contributed by atoms with Crippen molar-refractivity contribution in [3.8, 4) is 11.5 Å². The topological polar surface area (TPSA) is 74.2 Å². The molecule has 0 aliphatic carbocycles. The Labute approximate surface area is 180 Å². The lowest BCUT2D eigenvalue weighted by molar-refractivity contribution is -0.132. The van der Waals surface area contributed by atoms with Gasteiger partial charge in [0.05, 0.1) is 11.6 Å². The van der Waals surface area contributed by atoms with Crippen molar-refractivity contribution in [2.45, 2.75) is 13.8 Å². The molecular formula is C20H15ClINO5. The van der Waals surface area contributed by atoms with Crippen LogP contribution in [0.4, 0.5) is 0 Å². The fourth-order valence-electron chi connectivity index (χ4n) is 2.49. The third-order valence-corrected chi connectivity index (χ3v) is 4.52. The van der Waals surface area contributed by atoms with Crippen LogP contribution in [-0.4, -0.2) is 24.4 Å². The number of halogens is 2. The molecule has 0 saturated carbocycles. The lowest BCUT2D eigenvalue weighted by Gasteiger charge is -2.12. The zero-order chi connectivity index (χ0) is 20.3. The number of esters is 2. The van der Waals surface area contributed by atoms with Gasteiger partial charge in [-0.05, 0) is 71.5 Å². The van der Waals surface area contributed by atoms with Gasteiger partial charge in [-0.3, -0.25) is 4.79 Å². The molecule has 0 N–H and O–H groups in total. The van der Waals surface area contributed by atoms with Crippen molar-refractivity contribution >= 4 is 58.1 Å². The van der Waals surface area contributed by atoms with E-state index in [0.717, 1.165) is 3.57 Å². The van der Waals surface area contributed by atoms with Gasteiger partial charge >= 0.3 is 11.9 Å². The lowest BCUT2D eigenvalue weighted by atomic mass is 10.1. The summed E-state index contributed by atoms with van der Waals surface area (Å²) in [6.07, 6.45) is 1.54. The number of aliphatic imine (C=N–C) groups is 1. The number of carbonyl (C=O) groups excluding carboxylic acids is 2. The molecule has 3 rings (SSSR count). The van der Waals surface area contributed by atoms with E-state index in [4.69, 9.17) is 25.8 Å². The Hall–Kier alpha value is -2.39. The fourth-order valence-corrected chi connectivity index (χ4v) is 3.29. The summed E-state index contributed by atoms with van der Waals surface area (Å²) in [7, 11) is 0. The molecule has 1 aliphatic rings. The first-order chi connectivity index (χ1) is 13.4. The van der Waals surface area contributed by atoms with Gasteiger partial charge in [-0.25, -0.2) is 9.79 Å². The molecule has 1 aliphatic heterocycles. The maximum Gasteiger partial charge on any atom is 0.363 e. The van der Waals surface area contributed by atoms with Crippen LogP contribution in [0, 0.1) is 3.57 Å². The quantitative estimate of drug-likeness (QED) is 0.254. The second kappa shape index (κ2) is 8.74. The van der Waals surface area contributed by atoms with Gasteiger partial charge in [0.1, 0.15) is 0 Å². The van der Waals surface area contributed by atoms with Crippen LogP contribution in [0.3, 0.4) is 0 Å². The second-order valence-electron chi connectivity index (χ2n) is 5.70. The van der Waals surface area contributed by atoms with Gasteiger partial charge < -0.3 is 14.2 Å². The van der Waals surface area contributed by atoms with Gasteiger partial charge in [0, 0.05) is 16.1 Å². The van der Waals surface area contributed by atoms with Crippen molar-refractivity contribution in [1.29, 1.82) is 0 Å². The molecule has 0 spiro atoms. The number of rotatable bonds is 5. The minimum Gasteiger partial charge on any atom is -0.490 e. The molecule has 0 bridgehead atoms. The molecule has 144 valence electrons. The SMILES string of the molecule is CCOc1cc(C=C2N=C(c3cccc(I)c3)OC2=O)cc(Cl)c1OC(C)=O. The van der Waals surface area contributed by atoms with Crippen molar-refractivity contribution in [2.24, 2.45) is 4.99 Å². The Morgan fingerprint density at radius 3 is 2.79 bits per heavy atom. The third-order valence-electron chi connectivity index (χ3n) is 3.57. The Balaban J connectivity index is 1.98. The molecule has 0 atom stereocenters. The molecule has 2 aromatic carbocycles. The Morgan fingerprint density at radius 1 is 1.32 bits per heavy atom. The molecule has 0 unspecified atom stereocenters. The van der Waals surface area contributed by atoms with Crippen LogP contribution in [0.15, 0.2) is 47.1 Å². The van der Waals surface area contributed by atoms with Crippen molar-refractivity contribution in [1.82, 2.24) is 0 Å². The van der Waals surface area contributed by atoms with Crippen molar-refractivity contribution < 1.29 is 23.8 Å². The predicted molar refractivity (Wildman–Crippen MR) is 114 cm³/mol. The zero-order valence-corrected chi connectivity index (χ0v) is 17.9. The second-order valence-corrected chi connectivity index (χ2v) is 7.36. The maximum atomic E-state index is 12.2. The van der Waals surface area contributed by atoms with Crippen LogP contribution in [0.5, 0.6) is 11.5 Å². The molecule has 0 fully saturated rings. The van der Waals surface area contributed by atoms with E-state index in [1.807, 2.05) is 24.3 Å². The van der Waals surface area contributed by atoms with Crippen molar-refractivity contribution in [3.63, 3.8) is 0 Å². The normalized spacial score (nSPS) is 14.6. The summed E-state index contributed by atoms with van der Waals surface area (Å²) in [5, 5.41) is 0.182. The number of nitrogens with zero attached hydrogens (tertiary/aromatic N) is 1. The molecule has 0 radical (unpaired) electrons. The predicted octanol–water partition coefficient (Wildman–Crippen LogP) is 4.61. The Kier molecular flexibility index (Phi) is 6.35. The summed E-state index contributed by atoms with van der Waals surface area (Å²) in [5.41, 5.74) is 1.40. The van der Waals surface area contributed by atoms with E-state index < -0.39 is 11.9 Å². The number of carbonyl (C=O) groups is 2. The van der Waals surface area contributed by atoms with Gasteiger partial charge in [-0.1, -0.05) is 17.7 Å². The zero-order valence-electron chi connectivity index (χ0n) is 15.0. The summed E-state index contributed by atoms with van der Waals surface area (Å²) >= 11 is 8.41. The molecule has 0 amide bonds. The highest BCUT2D eigenvalue weighted by Crippen LogP contribution is 2.37. The van der Waals surface area contributed by atoms with Gasteiger partial charge in [0.2, 0.25) is 5.90 Å². The summed E-state index contributed by atoms with van der Waals surface area (Å²) in [6, 6.07) is 10.6. The van der Waals surface area contributed by atoms with E-state index in [1.165, 1.54) is 13.0 Å². The van der Waals surface area contributed by atoms with Crippen molar-refractivity contribution in [3.05, 3.63) is 61.8 Å². The summed E-state index contributed by atoms with van der Waals surface area (Å²) in [6.45, 7) is 3.42. The minimum atomic E-state index is -0.563. The van der Waals surface area contributed by atoms with Gasteiger partial charge in [-0.15, -0.1) is 0 Å². The van der Waals surface area contributed by atoms with Crippen molar-refractivity contribution in [2.75, 3.05) is 6.61 Å². The first kappa shape index (κ1) is 20.3. The minimum absolute atomic E-state index is 0.132. The molecule has 1 heterocycles. The largest absolute Gasteiger partial charge is 0.490 e. The average Bonchev–Trinajstić information content (AvgIpc) is 2.99. The molecule has 8 heteroatoms. The highest BCUT2D eigenvalue weighted by atomic mass is 127. The summed E-state index contributed by atoms with van der Waals surface area (Å²) < 4.78 is 16.9. The number of ether oxygens (including phenoxy) is 3. The van der Waals surface area contributed by atoms with E-state index in [0.29, 0.717) is 23.5 Å². The van der Waals surface area contributed by atoms with Gasteiger partial charge in [0.15, 0.2) is 17.2 Å². The molecule has 2 aromatic rings. The van der Waals surface area contributed by atoms with Crippen LogP contribution in [0.25, 0.3) is 6.08 Å². The fraction of sp³-hybridized carbons (Fsp3) is 0.150. The molecular weight excluding hydrogens is 497 g/mol. The maximum absolute atomic E-state index is 12.2. The van der Waals surface area contributed by atoms with E-state index in [-0.39, 0.29) is 22.4 Å². The Morgan fingerprint density at radius 2 is 2.11 bits per heavy atom. The first-order valence-electron chi connectivity index (χ1n) is 8.30. The first-order valence-corrected chi connectivity index (χ1v) is 9.76.